The number of amides is 1. The zero-order valence-corrected chi connectivity index (χ0v) is 15.3. The number of anilines is 1. The number of benzene rings is 1. The Bertz CT molecular complexity index is 982. The summed E-state index contributed by atoms with van der Waals surface area (Å²) in [5.74, 6) is -2.46. The molecule has 9 heteroatoms. The molecule has 3 aromatic rings. The van der Waals surface area contributed by atoms with Gasteiger partial charge in [0.1, 0.15) is 16.6 Å². The second-order valence-electron chi connectivity index (χ2n) is 5.18. The Balaban J connectivity index is 1.64. The van der Waals surface area contributed by atoms with Crippen molar-refractivity contribution in [1.82, 2.24) is 4.98 Å². The van der Waals surface area contributed by atoms with Crippen molar-refractivity contribution in [3.63, 3.8) is 0 Å². The first-order valence-corrected chi connectivity index (χ1v) is 10.7. The van der Waals surface area contributed by atoms with Gasteiger partial charge in [0, 0.05) is 5.38 Å². The van der Waals surface area contributed by atoms with Crippen LogP contribution in [-0.4, -0.2) is 25.1 Å². The molecule has 5 nitrogen and oxygen atoms in total. The topological polar surface area (TPSA) is 76.1 Å². The first-order chi connectivity index (χ1) is 11.9. The Morgan fingerprint density at radius 3 is 2.68 bits per heavy atom. The number of aromatic nitrogens is 1. The molecule has 25 heavy (non-hydrogen) atoms. The molecule has 0 unspecified atom stereocenters. The predicted octanol–water partition coefficient (Wildman–Crippen LogP) is 3.56. The number of halogens is 1. The van der Waals surface area contributed by atoms with E-state index in [2.05, 4.69) is 10.3 Å². The third-order valence-electron chi connectivity index (χ3n) is 3.15. The number of sulfone groups is 1. The minimum absolute atomic E-state index is 0.0451. The molecule has 130 valence electrons. The van der Waals surface area contributed by atoms with Crippen molar-refractivity contribution in [1.29, 1.82) is 0 Å². The minimum Gasteiger partial charge on any atom is -0.323 e. The molecule has 0 spiro atoms. The normalized spacial score (nSPS) is 11.4. The number of thiophene rings is 1. The second kappa shape index (κ2) is 7.42. The molecule has 1 amide bonds. The third-order valence-corrected chi connectivity index (χ3v) is 6.52. The van der Waals surface area contributed by atoms with Crippen LogP contribution in [0.2, 0.25) is 0 Å². The quantitative estimate of drug-likeness (QED) is 0.691. The van der Waals surface area contributed by atoms with Crippen LogP contribution in [0.3, 0.4) is 0 Å². The summed E-state index contributed by atoms with van der Waals surface area (Å²) < 4.78 is 37.9. The molecule has 1 N–H and O–H groups in total. The lowest BCUT2D eigenvalue weighted by Gasteiger charge is -2.06. The number of thiazole rings is 1. The Hall–Kier alpha value is -2.10. The van der Waals surface area contributed by atoms with Crippen molar-refractivity contribution >= 4 is 44.1 Å². The molecular formula is C16H13FN2O3S3. The van der Waals surface area contributed by atoms with Crippen LogP contribution >= 0.6 is 22.7 Å². The van der Waals surface area contributed by atoms with Crippen LogP contribution in [0.25, 0.3) is 9.88 Å². The Morgan fingerprint density at radius 1 is 1.16 bits per heavy atom. The summed E-state index contributed by atoms with van der Waals surface area (Å²) >= 11 is 2.88. The third kappa shape index (κ3) is 4.71. The summed E-state index contributed by atoms with van der Waals surface area (Å²) in [6.45, 7) is 0. The van der Waals surface area contributed by atoms with Crippen LogP contribution in [0.1, 0.15) is 5.69 Å². The van der Waals surface area contributed by atoms with Gasteiger partial charge in [-0.1, -0.05) is 18.2 Å². The number of hydrogen-bond donors (Lipinski definition) is 1. The van der Waals surface area contributed by atoms with Crippen LogP contribution in [0.5, 0.6) is 0 Å². The maximum absolute atomic E-state index is 13.5. The highest BCUT2D eigenvalue weighted by Crippen LogP contribution is 2.28. The van der Waals surface area contributed by atoms with Crippen molar-refractivity contribution in [2.75, 3.05) is 11.1 Å². The number of hydrogen-bond acceptors (Lipinski definition) is 6. The first kappa shape index (κ1) is 17.7. The summed E-state index contributed by atoms with van der Waals surface area (Å²) in [7, 11) is -3.71. The summed E-state index contributed by atoms with van der Waals surface area (Å²) in [4.78, 5) is 17.2. The molecule has 0 aliphatic heterocycles. The molecule has 0 atom stereocenters. The van der Waals surface area contributed by atoms with Gasteiger partial charge in [-0.15, -0.1) is 22.7 Å². The van der Waals surface area contributed by atoms with Crippen molar-refractivity contribution in [2.45, 2.75) is 5.75 Å². The van der Waals surface area contributed by atoms with E-state index in [4.69, 9.17) is 0 Å². The van der Waals surface area contributed by atoms with Gasteiger partial charge in [0.25, 0.3) is 0 Å². The largest absolute Gasteiger partial charge is 0.323 e. The van der Waals surface area contributed by atoms with Crippen molar-refractivity contribution < 1.29 is 17.6 Å². The number of para-hydroxylation sites is 1. The van der Waals surface area contributed by atoms with Gasteiger partial charge in [-0.05, 0) is 23.6 Å². The second-order valence-corrected chi connectivity index (χ2v) is 9.05. The van der Waals surface area contributed by atoms with E-state index >= 15 is 0 Å². The van der Waals surface area contributed by atoms with Crippen LogP contribution in [-0.2, 0) is 20.4 Å². The lowest BCUT2D eigenvalue weighted by Crippen LogP contribution is -2.24. The van der Waals surface area contributed by atoms with Crippen LogP contribution < -0.4 is 5.32 Å². The van der Waals surface area contributed by atoms with E-state index in [1.165, 1.54) is 40.9 Å². The van der Waals surface area contributed by atoms with Crippen LogP contribution in [0.15, 0.2) is 47.2 Å². The van der Waals surface area contributed by atoms with E-state index in [0.29, 0.717) is 5.69 Å². The predicted molar refractivity (Wildman–Crippen MR) is 97.9 cm³/mol. The SMILES string of the molecule is O=C(CS(=O)(=O)Cc1csc(-c2cccs2)n1)Nc1ccccc1F. The molecule has 1 aromatic carbocycles. The van der Waals surface area contributed by atoms with E-state index in [9.17, 15) is 17.6 Å². The van der Waals surface area contributed by atoms with Gasteiger partial charge in [-0.25, -0.2) is 17.8 Å². The molecule has 0 saturated heterocycles. The average Bonchev–Trinajstić information content (AvgIpc) is 3.19. The molecule has 0 bridgehead atoms. The monoisotopic (exact) mass is 396 g/mol. The van der Waals surface area contributed by atoms with Gasteiger partial charge in [0.15, 0.2) is 9.84 Å². The summed E-state index contributed by atoms with van der Waals surface area (Å²) in [5.41, 5.74) is 0.350. The lowest BCUT2D eigenvalue weighted by molar-refractivity contribution is -0.113. The molecular weight excluding hydrogens is 383 g/mol. The van der Waals surface area contributed by atoms with E-state index in [1.807, 2.05) is 17.5 Å². The van der Waals surface area contributed by atoms with Crippen molar-refractivity contribution in [2.24, 2.45) is 0 Å². The van der Waals surface area contributed by atoms with Gasteiger partial charge >= 0.3 is 0 Å². The Kier molecular flexibility index (Phi) is 5.26. The highest BCUT2D eigenvalue weighted by atomic mass is 32.2. The summed E-state index contributed by atoms with van der Waals surface area (Å²) in [6.07, 6.45) is 0. The number of rotatable bonds is 6. The number of nitrogens with one attached hydrogen (secondary N) is 1. The highest BCUT2D eigenvalue weighted by molar-refractivity contribution is 7.91. The van der Waals surface area contributed by atoms with E-state index < -0.39 is 27.3 Å². The molecule has 2 aromatic heterocycles. The molecule has 0 fully saturated rings. The average molecular weight is 396 g/mol. The Morgan fingerprint density at radius 2 is 1.96 bits per heavy atom. The maximum atomic E-state index is 13.5. The number of carbonyl (C=O) groups excluding carboxylic acids is 1. The highest BCUT2D eigenvalue weighted by Gasteiger charge is 2.20. The fourth-order valence-electron chi connectivity index (χ4n) is 2.11. The minimum atomic E-state index is -3.71. The first-order valence-electron chi connectivity index (χ1n) is 7.16. The molecule has 0 aliphatic carbocycles. The van der Waals surface area contributed by atoms with Gasteiger partial charge in [-0.3, -0.25) is 4.79 Å². The van der Waals surface area contributed by atoms with Crippen molar-refractivity contribution in [3.8, 4) is 9.88 Å². The molecule has 0 radical (unpaired) electrons. The van der Waals surface area contributed by atoms with E-state index in [1.54, 1.807) is 11.4 Å². The Labute approximate surface area is 152 Å². The molecule has 0 saturated carbocycles. The number of carbonyl (C=O) groups is 1. The fraction of sp³-hybridized carbons (Fsp3) is 0.125. The lowest BCUT2D eigenvalue weighted by atomic mass is 10.3. The van der Waals surface area contributed by atoms with Crippen LogP contribution in [0, 0.1) is 5.82 Å². The molecule has 2 heterocycles. The molecule has 3 rings (SSSR count). The van der Waals surface area contributed by atoms with Crippen LogP contribution in [0.4, 0.5) is 10.1 Å². The standard InChI is InChI=1S/C16H13FN2O3S3/c17-12-4-1-2-5-13(12)19-15(20)10-25(21,22)9-11-8-24-16(18-11)14-6-3-7-23-14/h1-8H,9-10H2,(H,19,20). The van der Waals surface area contributed by atoms with Gasteiger partial charge in [-0.2, -0.15) is 0 Å². The van der Waals surface area contributed by atoms with Gasteiger partial charge in [0.05, 0.1) is 22.0 Å². The summed E-state index contributed by atoms with van der Waals surface area (Å²) in [6, 6.07) is 9.39. The molecule has 0 aliphatic rings. The van der Waals surface area contributed by atoms with Gasteiger partial charge < -0.3 is 5.32 Å². The van der Waals surface area contributed by atoms with E-state index in [0.717, 1.165) is 9.88 Å². The van der Waals surface area contributed by atoms with Crippen molar-refractivity contribution in [3.05, 3.63) is 58.7 Å². The fourth-order valence-corrected chi connectivity index (χ4v) is 5.02. The summed E-state index contributed by atoms with van der Waals surface area (Å²) in [5, 5.41) is 6.60. The zero-order chi connectivity index (χ0) is 17.9. The zero-order valence-electron chi connectivity index (χ0n) is 12.8. The smallest absolute Gasteiger partial charge is 0.239 e. The number of nitrogens with zero attached hydrogens (tertiary/aromatic N) is 1. The van der Waals surface area contributed by atoms with E-state index in [-0.39, 0.29) is 11.4 Å². The maximum Gasteiger partial charge on any atom is 0.239 e. The van der Waals surface area contributed by atoms with Gasteiger partial charge in [0.2, 0.25) is 5.91 Å².